The molecule has 0 atom stereocenters. The van der Waals surface area contributed by atoms with Gasteiger partial charge in [0, 0.05) is 31.3 Å². The molecule has 1 aliphatic rings. The minimum absolute atomic E-state index is 0.206. The van der Waals surface area contributed by atoms with Gasteiger partial charge in [-0.1, -0.05) is 54.6 Å². The van der Waals surface area contributed by atoms with Gasteiger partial charge in [0.15, 0.2) is 5.82 Å². The smallest absolute Gasteiger partial charge is 0.270 e. The van der Waals surface area contributed by atoms with Gasteiger partial charge in [0.2, 0.25) is 0 Å². The minimum atomic E-state index is -0.206. The summed E-state index contributed by atoms with van der Waals surface area (Å²) >= 11 is 0. The highest BCUT2D eigenvalue weighted by Crippen LogP contribution is 2.21. The summed E-state index contributed by atoms with van der Waals surface area (Å²) in [6.45, 7) is 5.29. The fourth-order valence-corrected chi connectivity index (χ4v) is 3.30. The van der Waals surface area contributed by atoms with Gasteiger partial charge >= 0.3 is 0 Å². The molecule has 1 aromatic heterocycles. The summed E-state index contributed by atoms with van der Waals surface area (Å²) in [5.74, 6) is 1.10. The molecule has 0 spiro atoms. The molecule has 6 heteroatoms. The van der Waals surface area contributed by atoms with E-state index in [1.165, 1.54) is 0 Å². The number of ether oxygens (including phenoxy) is 1. The van der Waals surface area contributed by atoms with E-state index < -0.39 is 0 Å². The van der Waals surface area contributed by atoms with E-state index >= 15 is 0 Å². The first-order valence-corrected chi connectivity index (χ1v) is 9.80. The largest absolute Gasteiger partial charge is 0.378 e. The summed E-state index contributed by atoms with van der Waals surface area (Å²) in [5.41, 5.74) is 3.49. The normalized spacial score (nSPS) is 13.9. The fourth-order valence-electron chi connectivity index (χ4n) is 3.30. The molecule has 1 N–H and O–H groups in total. The van der Waals surface area contributed by atoms with Crippen molar-refractivity contribution >= 4 is 11.7 Å². The second-order valence-corrected chi connectivity index (χ2v) is 7.01. The van der Waals surface area contributed by atoms with Gasteiger partial charge in [0.1, 0.15) is 11.5 Å². The third kappa shape index (κ3) is 4.60. The van der Waals surface area contributed by atoms with Crippen molar-refractivity contribution in [3.63, 3.8) is 0 Å². The molecular weight excluding hydrogens is 364 g/mol. The number of morpholine rings is 1. The first-order valence-electron chi connectivity index (χ1n) is 9.80. The quantitative estimate of drug-likeness (QED) is 0.727. The van der Waals surface area contributed by atoms with Gasteiger partial charge in [-0.3, -0.25) is 4.79 Å². The van der Waals surface area contributed by atoms with Crippen molar-refractivity contribution in [2.24, 2.45) is 0 Å². The van der Waals surface area contributed by atoms with Crippen LogP contribution in [-0.2, 0) is 11.3 Å². The number of carbonyl (C=O) groups excluding carboxylic acids is 1. The van der Waals surface area contributed by atoms with Gasteiger partial charge in [-0.05, 0) is 18.1 Å². The Morgan fingerprint density at radius 2 is 1.76 bits per heavy atom. The van der Waals surface area contributed by atoms with Crippen LogP contribution in [-0.4, -0.2) is 42.2 Å². The molecule has 2 heterocycles. The summed E-state index contributed by atoms with van der Waals surface area (Å²) in [6, 6.07) is 19.5. The number of aryl methyl sites for hydroxylation is 1. The second kappa shape index (κ2) is 8.84. The average Bonchev–Trinajstić information content (AvgIpc) is 2.79. The highest BCUT2D eigenvalue weighted by atomic mass is 16.5. The second-order valence-electron chi connectivity index (χ2n) is 7.01. The number of rotatable bonds is 5. The minimum Gasteiger partial charge on any atom is -0.378 e. The van der Waals surface area contributed by atoms with E-state index in [1.54, 1.807) is 6.07 Å². The van der Waals surface area contributed by atoms with Crippen LogP contribution >= 0.6 is 0 Å². The molecule has 0 unspecified atom stereocenters. The Labute approximate surface area is 170 Å². The molecule has 1 amide bonds. The summed E-state index contributed by atoms with van der Waals surface area (Å²) in [7, 11) is 0. The number of amides is 1. The van der Waals surface area contributed by atoms with Crippen molar-refractivity contribution in [3.8, 4) is 11.4 Å². The number of aromatic nitrogens is 2. The van der Waals surface area contributed by atoms with E-state index in [4.69, 9.17) is 9.72 Å². The van der Waals surface area contributed by atoms with Gasteiger partial charge in [-0.25, -0.2) is 9.97 Å². The van der Waals surface area contributed by atoms with Crippen molar-refractivity contribution in [2.45, 2.75) is 13.5 Å². The van der Waals surface area contributed by atoms with Gasteiger partial charge < -0.3 is 15.0 Å². The molecule has 6 nitrogen and oxygen atoms in total. The predicted molar refractivity (Wildman–Crippen MR) is 113 cm³/mol. The number of nitrogens with one attached hydrogen (secondary N) is 1. The van der Waals surface area contributed by atoms with Gasteiger partial charge in [0.05, 0.1) is 13.2 Å². The Bertz CT molecular complexity index is 985. The van der Waals surface area contributed by atoms with Crippen LogP contribution < -0.4 is 10.2 Å². The SMILES string of the molecule is Cc1ccccc1CNC(=O)c1cc(N2CCOCC2)nc(-c2ccccc2)n1. The molecule has 0 radical (unpaired) electrons. The first-order chi connectivity index (χ1) is 14.2. The van der Waals surface area contributed by atoms with Crippen LogP contribution in [0.4, 0.5) is 5.82 Å². The maximum absolute atomic E-state index is 12.9. The zero-order chi connectivity index (χ0) is 20.1. The molecule has 0 saturated carbocycles. The third-order valence-corrected chi connectivity index (χ3v) is 5.01. The number of benzene rings is 2. The van der Waals surface area contributed by atoms with Crippen LogP contribution in [0.25, 0.3) is 11.4 Å². The van der Waals surface area contributed by atoms with Crippen molar-refractivity contribution < 1.29 is 9.53 Å². The van der Waals surface area contributed by atoms with E-state index in [2.05, 4.69) is 15.2 Å². The highest BCUT2D eigenvalue weighted by molar-refractivity contribution is 5.93. The molecule has 2 aromatic carbocycles. The lowest BCUT2D eigenvalue weighted by Crippen LogP contribution is -2.37. The van der Waals surface area contributed by atoms with E-state index in [0.717, 1.165) is 35.6 Å². The van der Waals surface area contributed by atoms with Gasteiger partial charge in [0.25, 0.3) is 5.91 Å². The Hall–Kier alpha value is -3.25. The molecule has 0 aliphatic carbocycles. The average molecular weight is 388 g/mol. The molecule has 1 saturated heterocycles. The summed E-state index contributed by atoms with van der Waals surface area (Å²) < 4.78 is 5.45. The summed E-state index contributed by atoms with van der Waals surface area (Å²) in [4.78, 5) is 24.3. The van der Waals surface area contributed by atoms with E-state index in [9.17, 15) is 4.79 Å². The molecule has 4 rings (SSSR count). The lowest BCUT2D eigenvalue weighted by atomic mass is 10.1. The van der Waals surface area contributed by atoms with Crippen molar-refractivity contribution in [3.05, 3.63) is 77.5 Å². The molecular formula is C23H24N4O2. The maximum Gasteiger partial charge on any atom is 0.270 e. The standard InChI is InChI=1S/C23H24N4O2/c1-17-7-5-6-10-19(17)16-24-23(28)20-15-21(27-11-13-29-14-12-27)26-22(25-20)18-8-3-2-4-9-18/h2-10,15H,11-14,16H2,1H3,(H,24,28). The summed E-state index contributed by atoms with van der Waals surface area (Å²) in [5, 5.41) is 2.99. The number of carbonyl (C=O) groups is 1. The Morgan fingerprint density at radius 1 is 1.03 bits per heavy atom. The van der Waals surface area contributed by atoms with Gasteiger partial charge in [-0.15, -0.1) is 0 Å². The lowest BCUT2D eigenvalue weighted by molar-refractivity contribution is 0.0946. The molecule has 1 aliphatic heterocycles. The monoisotopic (exact) mass is 388 g/mol. The van der Waals surface area contributed by atoms with E-state index in [-0.39, 0.29) is 5.91 Å². The van der Waals surface area contributed by atoms with Crippen LogP contribution in [0.5, 0.6) is 0 Å². The Kier molecular flexibility index (Phi) is 5.81. The first kappa shape index (κ1) is 19.1. The van der Waals surface area contributed by atoms with Crippen LogP contribution in [0.1, 0.15) is 21.6 Å². The topological polar surface area (TPSA) is 67.4 Å². The number of hydrogen-bond donors (Lipinski definition) is 1. The Morgan fingerprint density at radius 3 is 2.52 bits per heavy atom. The van der Waals surface area contributed by atoms with Crippen LogP contribution in [0.3, 0.4) is 0 Å². The van der Waals surface area contributed by atoms with Crippen LogP contribution in [0.2, 0.25) is 0 Å². The van der Waals surface area contributed by atoms with Crippen molar-refractivity contribution in [2.75, 3.05) is 31.2 Å². The number of anilines is 1. The van der Waals surface area contributed by atoms with Crippen LogP contribution in [0, 0.1) is 6.92 Å². The number of nitrogens with zero attached hydrogens (tertiary/aromatic N) is 3. The maximum atomic E-state index is 12.9. The van der Waals surface area contributed by atoms with Crippen LogP contribution in [0.15, 0.2) is 60.7 Å². The van der Waals surface area contributed by atoms with Crippen molar-refractivity contribution in [1.82, 2.24) is 15.3 Å². The molecule has 3 aromatic rings. The predicted octanol–water partition coefficient (Wildman–Crippen LogP) is 3.22. The Balaban J connectivity index is 1.62. The molecule has 148 valence electrons. The van der Waals surface area contributed by atoms with E-state index in [1.807, 2.05) is 61.5 Å². The van der Waals surface area contributed by atoms with Gasteiger partial charge in [-0.2, -0.15) is 0 Å². The fraction of sp³-hybridized carbons (Fsp3) is 0.261. The molecule has 0 bridgehead atoms. The summed E-state index contributed by atoms with van der Waals surface area (Å²) in [6.07, 6.45) is 0. The lowest BCUT2D eigenvalue weighted by Gasteiger charge is -2.28. The van der Waals surface area contributed by atoms with Crippen molar-refractivity contribution in [1.29, 1.82) is 0 Å². The number of hydrogen-bond acceptors (Lipinski definition) is 5. The zero-order valence-electron chi connectivity index (χ0n) is 16.5. The third-order valence-electron chi connectivity index (χ3n) is 5.01. The zero-order valence-corrected chi connectivity index (χ0v) is 16.5. The highest BCUT2D eigenvalue weighted by Gasteiger charge is 2.18. The molecule has 29 heavy (non-hydrogen) atoms. The molecule has 1 fully saturated rings. The van der Waals surface area contributed by atoms with E-state index in [0.29, 0.717) is 31.3 Å².